The fourth-order valence-corrected chi connectivity index (χ4v) is 6.03. The van der Waals surface area contributed by atoms with E-state index in [1.807, 2.05) is 0 Å². The first kappa shape index (κ1) is 18.0. The van der Waals surface area contributed by atoms with Gasteiger partial charge in [0.25, 0.3) is 0 Å². The predicted octanol–water partition coefficient (Wildman–Crippen LogP) is 7.86. The summed E-state index contributed by atoms with van der Waals surface area (Å²) in [5.41, 5.74) is 7.70. The highest BCUT2D eigenvalue weighted by Crippen LogP contribution is 2.42. The van der Waals surface area contributed by atoms with Crippen molar-refractivity contribution < 1.29 is 0 Å². The van der Waals surface area contributed by atoms with Crippen LogP contribution in [0.5, 0.6) is 0 Å². The zero-order valence-electron chi connectivity index (χ0n) is 17.7. The van der Waals surface area contributed by atoms with E-state index >= 15 is 0 Å². The molecule has 0 bridgehead atoms. The molecule has 0 N–H and O–H groups in total. The van der Waals surface area contributed by atoms with Gasteiger partial charge in [-0.15, -0.1) is 0 Å². The average Bonchev–Trinajstić information content (AvgIpc) is 2.80. The maximum Gasteiger partial charge on any atom is -0.00766 e. The summed E-state index contributed by atoms with van der Waals surface area (Å²) < 4.78 is 0. The highest BCUT2D eigenvalue weighted by Gasteiger charge is 2.28. The van der Waals surface area contributed by atoms with Gasteiger partial charge in [0.2, 0.25) is 0 Å². The van der Waals surface area contributed by atoms with Crippen LogP contribution in [0.1, 0.15) is 53.5 Å². The molecule has 0 aromatic heterocycles. The van der Waals surface area contributed by atoms with E-state index in [9.17, 15) is 0 Å². The van der Waals surface area contributed by atoms with Crippen LogP contribution in [0.15, 0.2) is 72.8 Å². The minimum atomic E-state index is 0.588. The van der Waals surface area contributed by atoms with Crippen molar-refractivity contribution in [2.75, 3.05) is 0 Å². The van der Waals surface area contributed by atoms with E-state index in [1.54, 1.807) is 11.1 Å². The third kappa shape index (κ3) is 2.82. The fraction of sp³-hybridized carbons (Fsp3) is 0.267. The van der Waals surface area contributed by atoms with Crippen molar-refractivity contribution in [3.8, 4) is 0 Å². The van der Waals surface area contributed by atoms with Gasteiger partial charge >= 0.3 is 0 Å². The maximum atomic E-state index is 2.47. The number of hydrogen-bond donors (Lipinski definition) is 0. The third-order valence-corrected chi connectivity index (χ3v) is 7.62. The number of benzene rings is 4. The summed E-state index contributed by atoms with van der Waals surface area (Å²) >= 11 is 0. The smallest absolute Gasteiger partial charge is 0.00766 e. The number of allylic oxidation sites excluding steroid dienone is 1. The van der Waals surface area contributed by atoms with Gasteiger partial charge in [0.15, 0.2) is 0 Å². The number of fused-ring (bicyclic) bond motifs is 6. The summed E-state index contributed by atoms with van der Waals surface area (Å²) in [6.45, 7) is 2.47. The molecule has 0 heterocycles. The van der Waals surface area contributed by atoms with Gasteiger partial charge in [0.05, 0.1) is 0 Å². The summed E-state index contributed by atoms with van der Waals surface area (Å²) in [6, 6.07) is 25.2. The van der Waals surface area contributed by atoms with Crippen LogP contribution in [0, 0.1) is 5.92 Å². The summed E-state index contributed by atoms with van der Waals surface area (Å²) in [5.74, 6) is 1.28. The maximum absolute atomic E-state index is 2.47. The van der Waals surface area contributed by atoms with Gasteiger partial charge in [-0.2, -0.15) is 0 Å². The molecule has 0 spiro atoms. The molecule has 0 amide bonds. The van der Waals surface area contributed by atoms with Crippen molar-refractivity contribution in [2.24, 2.45) is 5.92 Å². The molecule has 0 nitrogen and oxygen atoms in total. The Balaban J connectivity index is 1.43. The molecule has 2 aliphatic rings. The zero-order valence-corrected chi connectivity index (χ0v) is 17.7. The van der Waals surface area contributed by atoms with Crippen LogP contribution in [0.4, 0.5) is 0 Å². The molecule has 0 saturated carbocycles. The highest BCUT2D eigenvalue weighted by atomic mass is 14.3. The van der Waals surface area contributed by atoms with Crippen molar-refractivity contribution in [3.63, 3.8) is 0 Å². The second-order valence-corrected chi connectivity index (χ2v) is 9.25. The van der Waals surface area contributed by atoms with Crippen LogP contribution >= 0.6 is 0 Å². The molecule has 0 fully saturated rings. The van der Waals surface area contributed by atoms with Gasteiger partial charge in [-0.1, -0.05) is 85.8 Å². The fourth-order valence-electron chi connectivity index (χ4n) is 6.03. The zero-order chi connectivity index (χ0) is 20.1. The van der Waals surface area contributed by atoms with Gasteiger partial charge in [-0.25, -0.2) is 0 Å². The Hall–Kier alpha value is -2.86. The minimum absolute atomic E-state index is 0.588. The lowest BCUT2D eigenvalue weighted by Crippen LogP contribution is -2.21. The van der Waals surface area contributed by atoms with E-state index in [4.69, 9.17) is 0 Å². The molecule has 148 valence electrons. The Morgan fingerprint density at radius 2 is 1.63 bits per heavy atom. The first-order valence-corrected chi connectivity index (χ1v) is 11.5. The Labute approximate surface area is 179 Å². The molecule has 6 rings (SSSR count). The molecule has 2 aliphatic carbocycles. The molecule has 4 aromatic carbocycles. The number of aryl methyl sites for hydroxylation is 2. The SMILES string of the molecule is CC1c2c(ccc3ccccc23)CCC1Cc1cccc2ccc3c(c12)C=CCC3. The van der Waals surface area contributed by atoms with Crippen LogP contribution < -0.4 is 0 Å². The van der Waals surface area contributed by atoms with E-state index in [1.165, 1.54) is 70.3 Å². The van der Waals surface area contributed by atoms with Gasteiger partial charge in [0, 0.05) is 0 Å². The lowest BCUT2D eigenvalue weighted by molar-refractivity contribution is 0.392. The topological polar surface area (TPSA) is 0 Å². The van der Waals surface area contributed by atoms with Crippen molar-refractivity contribution in [1.29, 1.82) is 0 Å². The van der Waals surface area contributed by atoms with E-state index in [2.05, 4.69) is 85.8 Å². The first-order valence-electron chi connectivity index (χ1n) is 11.5. The largest absolute Gasteiger partial charge is 0.0836 e. The minimum Gasteiger partial charge on any atom is -0.0836 e. The molecule has 30 heavy (non-hydrogen) atoms. The standard InChI is InChI=1S/C30H28/c1-20-25(18-17-24-16-14-21-7-2-4-11-27(21)29(20)24)19-26-10-6-9-23-15-13-22-8-3-5-12-28(22)30(23)26/h2,4-7,9-16,20,25H,3,8,17-19H2,1H3. The van der Waals surface area contributed by atoms with Crippen LogP contribution in [0.3, 0.4) is 0 Å². The third-order valence-electron chi connectivity index (χ3n) is 7.62. The van der Waals surface area contributed by atoms with E-state index in [0.717, 1.165) is 0 Å². The molecule has 2 atom stereocenters. The van der Waals surface area contributed by atoms with Crippen molar-refractivity contribution in [1.82, 2.24) is 0 Å². The van der Waals surface area contributed by atoms with Crippen LogP contribution in [-0.2, 0) is 19.3 Å². The summed E-state index contributed by atoms with van der Waals surface area (Å²) in [5, 5.41) is 5.74. The number of rotatable bonds is 2. The molecule has 0 radical (unpaired) electrons. The summed E-state index contributed by atoms with van der Waals surface area (Å²) in [6.07, 6.45) is 10.7. The van der Waals surface area contributed by atoms with Crippen LogP contribution in [0.2, 0.25) is 0 Å². The highest BCUT2D eigenvalue weighted by molar-refractivity contribution is 5.95. The van der Waals surface area contributed by atoms with Crippen molar-refractivity contribution in [2.45, 2.75) is 44.9 Å². The monoisotopic (exact) mass is 388 g/mol. The Bertz CT molecular complexity index is 1290. The van der Waals surface area contributed by atoms with Gasteiger partial charge < -0.3 is 0 Å². The molecule has 2 unspecified atom stereocenters. The molecular formula is C30H28. The van der Waals surface area contributed by atoms with Crippen LogP contribution in [0.25, 0.3) is 27.6 Å². The second-order valence-electron chi connectivity index (χ2n) is 9.25. The van der Waals surface area contributed by atoms with Gasteiger partial charge in [-0.3, -0.25) is 0 Å². The Kier molecular flexibility index (Phi) is 4.27. The van der Waals surface area contributed by atoms with E-state index in [0.29, 0.717) is 11.8 Å². The average molecular weight is 389 g/mol. The molecule has 0 aliphatic heterocycles. The number of hydrogen-bond acceptors (Lipinski definition) is 0. The molecule has 0 heteroatoms. The molecular weight excluding hydrogens is 360 g/mol. The Morgan fingerprint density at radius 3 is 2.60 bits per heavy atom. The lowest BCUT2D eigenvalue weighted by Gasteiger charge is -2.33. The quantitative estimate of drug-likeness (QED) is 0.328. The van der Waals surface area contributed by atoms with E-state index < -0.39 is 0 Å². The molecule has 0 saturated heterocycles. The second kappa shape index (κ2) is 7.13. The first-order chi connectivity index (χ1) is 14.8. The van der Waals surface area contributed by atoms with Crippen molar-refractivity contribution >= 4 is 27.6 Å². The van der Waals surface area contributed by atoms with Gasteiger partial charge in [-0.05, 0) is 93.3 Å². The Morgan fingerprint density at radius 1 is 0.800 bits per heavy atom. The van der Waals surface area contributed by atoms with Crippen molar-refractivity contribution in [3.05, 3.63) is 101 Å². The van der Waals surface area contributed by atoms with E-state index in [-0.39, 0.29) is 0 Å². The lowest BCUT2D eigenvalue weighted by atomic mass is 9.71. The predicted molar refractivity (Wildman–Crippen MR) is 129 cm³/mol. The normalized spacial score (nSPS) is 20.3. The van der Waals surface area contributed by atoms with Crippen LogP contribution in [-0.4, -0.2) is 0 Å². The summed E-state index contributed by atoms with van der Waals surface area (Å²) in [7, 11) is 0. The summed E-state index contributed by atoms with van der Waals surface area (Å²) in [4.78, 5) is 0. The van der Waals surface area contributed by atoms with Gasteiger partial charge in [0.1, 0.15) is 0 Å². The molecule has 4 aromatic rings.